The van der Waals surface area contributed by atoms with Crippen LogP contribution in [-0.4, -0.2) is 16.1 Å². The first-order chi connectivity index (χ1) is 9.74. The summed E-state index contributed by atoms with van der Waals surface area (Å²) in [6.07, 6.45) is 1.57. The van der Waals surface area contributed by atoms with Gasteiger partial charge in [0.1, 0.15) is 12.0 Å². The monoisotopic (exact) mass is 265 g/mol. The van der Waals surface area contributed by atoms with Crippen molar-refractivity contribution < 1.29 is 14.3 Å². The summed E-state index contributed by atoms with van der Waals surface area (Å²) in [6.45, 7) is 0. The summed E-state index contributed by atoms with van der Waals surface area (Å²) in [5.41, 5.74) is 2.66. The quantitative estimate of drug-likeness (QED) is 0.784. The number of rotatable bonds is 3. The van der Waals surface area contributed by atoms with Crippen LogP contribution in [0.3, 0.4) is 0 Å². The Morgan fingerprint density at radius 1 is 0.950 bits per heavy atom. The minimum absolute atomic E-state index is 0.250. The van der Waals surface area contributed by atoms with Crippen molar-refractivity contribution in [1.29, 1.82) is 0 Å². The lowest BCUT2D eigenvalue weighted by Crippen LogP contribution is -1.94. The number of oxazole rings is 1. The predicted octanol–water partition coefficient (Wildman–Crippen LogP) is 3.71. The van der Waals surface area contributed by atoms with Gasteiger partial charge in [0.25, 0.3) is 0 Å². The summed E-state index contributed by atoms with van der Waals surface area (Å²) in [5.74, 6) is -0.399. The molecule has 98 valence electrons. The Hall–Kier alpha value is -2.88. The molecule has 0 saturated heterocycles. The lowest BCUT2D eigenvalue weighted by Gasteiger charge is -1.97. The third kappa shape index (κ3) is 2.31. The molecule has 0 aliphatic rings. The first-order valence-corrected chi connectivity index (χ1v) is 6.09. The molecule has 0 fully saturated rings. The van der Waals surface area contributed by atoms with Crippen LogP contribution in [0.4, 0.5) is 0 Å². The van der Waals surface area contributed by atoms with Gasteiger partial charge >= 0.3 is 5.97 Å². The van der Waals surface area contributed by atoms with Gasteiger partial charge in [-0.05, 0) is 24.3 Å². The van der Waals surface area contributed by atoms with Crippen LogP contribution in [0.15, 0.2) is 65.3 Å². The Kier molecular flexibility index (Phi) is 3.05. The fourth-order valence-corrected chi connectivity index (χ4v) is 1.90. The fraction of sp³-hybridized carbons (Fsp3) is 0. The molecular weight excluding hydrogens is 254 g/mol. The molecule has 0 radical (unpaired) electrons. The lowest BCUT2D eigenvalue weighted by molar-refractivity contribution is 0.0697. The standard InChI is InChI=1S/C16H11NO3/c18-16(19)13-8-6-11(7-9-13)14-10-20-15(17-14)12-4-2-1-3-5-12/h1-10H,(H,18,19). The molecule has 0 amide bonds. The molecule has 1 N–H and O–H groups in total. The number of hydrogen-bond acceptors (Lipinski definition) is 3. The van der Waals surface area contributed by atoms with E-state index in [9.17, 15) is 4.79 Å². The number of hydrogen-bond donors (Lipinski definition) is 1. The van der Waals surface area contributed by atoms with Crippen molar-refractivity contribution in [3.63, 3.8) is 0 Å². The van der Waals surface area contributed by atoms with Crippen LogP contribution in [0.1, 0.15) is 10.4 Å². The molecule has 1 aromatic heterocycles. The SMILES string of the molecule is O=C(O)c1ccc(-c2coc(-c3ccccc3)n2)cc1. The number of aromatic nitrogens is 1. The highest BCUT2D eigenvalue weighted by molar-refractivity contribution is 5.88. The molecule has 0 unspecified atom stereocenters. The highest BCUT2D eigenvalue weighted by Crippen LogP contribution is 2.24. The van der Waals surface area contributed by atoms with Crippen molar-refractivity contribution in [2.45, 2.75) is 0 Å². The lowest BCUT2D eigenvalue weighted by atomic mass is 10.1. The Balaban J connectivity index is 1.92. The molecule has 0 spiro atoms. The zero-order valence-electron chi connectivity index (χ0n) is 10.5. The van der Waals surface area contributed by atoms with E-state index in [1.54, 1.807) is 30.5 Å². The summed E-state index contributed by atoms with van der Waals surface area (Å²) >= 11 is 0. The third-order valence-electron chi connectivity index (χ3n) is 2.95. The molecular formula is C16H11NO3. The molecule has 3 rings (SSSR count). The van der Waals surface area contributed by atoms with Crippen molar-refractivity contribution >= 4 is 5.97 Å². The highest BCUT2D eigenvalue weighted by Gasteiger charge is 2.09. The highest BCUT2D eigenvalue weighted by atomic mass is 16.4. The number of benzene rings is 2. The van der Waals surface area contributed by atoms with Crippen molar-refractivity contribution in [1.82, 2.24) is 4.98 Å². The van der Waals surface area contributed by atoms with Gasteiger partial charge in [-0.15, -0.1) is 0 Å². The van der Waals surface area contributed by atoms with Crippen LogP contribution in [-0.2, 0) is 0 Å². The van der Waals surface area contributed by atoms with Crippen LogP contribution in [0.5, 0.6) is 0 Å². The fourth-order valence-electron chi connectivity index (χ4n) is 1.90. The van der Waals surface area contributed by atoms with E-state index in [4.69, 9.17) is 9.52 Å². The zero-order chi connectivity index (χ0) is 13.9. The van der Waals surface area contributed by atoms with E-state index >= 15 is 0 Å². The average molecular weight is 265 g/mol. The van der Waals surface area contributed by atoms with Crippen molar-refractivity contribution in [2.75, 3.05) is 0 Å². The second kappa shape index (κ2) is 5.01. The Labute approximate surface area is 115 Å². The molecule has 0 bridgehead atoms. The van der Waals surface area contributed by atoms with Crippen LogP contribution >= 0.6 is 0 Å². The second-order valence-corrected chi connectivity index (χ2v) is 4.29. The molecule has 3 aromatic rings. The Morgan fingerprint density at radius 3 is 2.30 bits per heavy atom. The molecule has 2 aromatic carbocycles. The van der Waals surface area contributed by atoms with Crippen LogP contribution in [0.2, 0.25) is 0 Å². The first-order valence-electron chi connectivity index (χ1n) is 6.09. The Bertz CT molecular complexity index is 730. The van der Waals surface area contributed by atoms with Crippen LogP contribution in [0.25, 0.3) is 22.7 Å². The summed E-state index contributed by atoms with van der Waals surface area (Å²) in [7, 11) is 0. The van der Waals surface area contributed by atoms with Gasteiger partial charge in [0.05, 0.1) is 5.56 Å². The molecule has 0 atom stereocenters. The maximum atomic E-state index is 10.8. The van der Waals surface area contributed by atoms with Crippen LogP contribution in [0, 0.1) is 0 Å². The van der Waals surface area contributed by atoms with Gasteiger partial charge in [-0.25, -0.2) is 9.78 Å². The van der Waals surface area contributed by atoms with Crippen molar-refractivity contribution in [2.24, 2.45) is 0 Å². The van der Waals surface area contributed by atoms with Crippen molar-refractivity contribution in [3.8, 4) is 22.7 Å². The minimum Gasteiger partial charge on any atom is -0.478 e. The smallest absolute Gasteiger partial charge is 0.335 e. The summed E-state index contributed by atoms with van der Waals surface area (Å²) in [4.78, 5) is 15.2. The minimum atomic E-state index is -0.943. The van der Waals surface area contributed by atoms with E-state index in [-0.39, 0.29) is 5.56 Å². The number of carbonyl (C=O) groups is 1. The molecule has 0 saturated carbocycles. The summed E-state index contributed by atoms with van der Waals surface area (Å²) in [6, 6.07) is 16.1. The number of carboxylic acid groups (broad SMARTS) is 1. The number of aromatic carboxylic acids is 1. The predicted molar refractivity (Wildman–Crippen MR) is 74.3 cm³/mol. The van der Waals surface area contributed by atoms with E-state index in [2.05, 4.69) is 4.98 Å². The third-order valence-corrected chi connectivity index (χ3v) is 2.95. The van der Waals surface area contributed by atoms with Crippen LogP contribution < -0.4 is 0 Å². The summed E-state index contributed by atoms with van der Waals surface area (Å²) < 4.78 is 5.46. The molecule has 0 aliphatic carbocycles. The summed E-state index contributed by atoms with van der Waals surface area (Å²) in [5, 5.41) is 8.86. The molecule has 4 heteroatoms. The normalized spacial score (nSPS) is 10.4. The Morgan fingerprint density at radius 2 is 1.65 bits per heavy atom. The van der Waals surface area contributed by atoms with Gasteiger partial charge in [0.2, 0.25) is 5.89 Å². The van der Waals surface area contributed by atoms with E-state index in [1.165, 1.54) is 0 Å². The number of nitrogens with zero attached hydrogens (tertiary/aromatic N) is 1. The zero-order valence-corrected chi connectivity index (χ0v) is 10.5. The van der Waals surface area contributed by atoms with E-state index in [1.807, 2.05) is 30.3 Å². The average Bonchev–Trinajstić information content (AvgIpc) is 2.98. The molecule has 4 nitrogen and oxygen atoms in total. The number of carboxylic acids is 1. The van der Waals surface area contributed by atoms with Gasteiger partial charge in [0.15, 0.2) is 0 Å². The van der Waals surface area contributed by atoms with Gasteiger partial charge < -0.3 is 9.52 Å². The maximum absolute atomic E-state index is 10.8. The molecule has 1 heterocycles. The molecule has 20 heavy (non-hydrogen) atoms. The second-order valence-electron chi connectivity index (χ2n) is 4.29. The first kappa shape index (κ1) is 12.2. The topological polar surface area (TPSA) is 63.3 Å². The van der Waals surface area contributed by atoms with Crippen molar-refractivity contribution in [3.05, 3.63) is 66.4 Å². The maximum Gasteiger partial charge on any atom is 0.335 e. The van der Waals surface area contributed by atoms with E-state index in [0.29, 0.717) is 11.6 Å². The van der Waals surface area contributed by atoms with Gasteiger partial charge in [0, 0.05) is 11.1 Å². The molecule has 0 aliphatic heterocycles. The van der Waals surface area contributed by atoms with Gasteiger partial charge in [-0.2, -0.15) is 0 Å². The van der Waals surface area contributed by atoms with Gasteiger partial charge in [-0.1, -0.05) is 30.3 Å². The van der Waals surface area contributed by atoms with E-state index in [0.717, 1.165) is 11.1 Å². The largest absolute Gasteiger partial charge is 0.478 e. The van der Waals surface area contributed by atoms with Gasteiger partial charge in [-0.3, -0.25) is 0 Å². The van der Waals surface area contributed by atoms with E-state index < -0.39 is 5.97 Å².